The van der Waals surface area contributed by atoms with Crippen LogP contribution < -0.4 is 5.69 Å². The Morgan fingerprint density at radius 1 is 1.22 bits per heavy atom. The van der Waals surface area contributed by atoms with Gasteiger partial charge in [0.1, 0.15) is 6.10 Å². The number of benzene rings is 1. The summed E-state index contributed by atoms with van der Waals surface area (Å²) in [5.74, 6) is 0.0579. The molecule has 10 heteroatoms. The standard InChI is InChI=1S/C27H43N3O4P2Si/c1-18-16-30(26(31)28-19(18)2)24-15-22(23(35-24)17-32-37(8,9)27(4,5)6)33-36-29(7)20(3)25(34-36)21-13-11-10-12-14-21/h10-14,16,20,22-25,35H,15,17H2,1-9H3/t20-,22?,23?,24?,25?,36?/m1/s1. The summed E-state index contributed by atoms with van der Waals surface area (Å²) in [7, 11) is -0.542. The van der Waals surface area contributed by atoms with Gasteiger partial charge in [-0.15, -0.1) is 0 Å². The lowest BCUT2D eigenvalue weighted by Crippen LogP contribution is -2.43. The van der Waals surface area contributed by atoms with Crippen molar-refractivity contribution < 1.29 is 13.5 Å². The van der Waals surface area contributed by atoms with Crippen LogP contribution >= 0.6 is 17.1 Å². The molecule has 7 nitrogen and oxygen atoms in total. The van der Waals surface area contributed by atoms with E-state index in [-0.39, 0.29) is 40.4 Å². The van der Waals surface area contributed by atoms with E-state index in [1.54, 1.807) is 0 Å². The van der Waals surface area contributed by atoms with Gasteiger partial charge in [0.15, 0.2) is 8.32 Å². The number of nitrogens with zero attached hydrogens (tertiary/aromatic N) is 3. The maximum Gasteiger partial charge on any atom is 0.348 e. The van der Waals surface area contributed by atoms with Gasteiger partial charge in [0, 0.05) is 30.2 Å². The number of likely N-dealkylation sites (N-methyl/N-ethyl adjacent to an activating group) is 1. The van der Waals surface area contributed by atoms with Crippen molar-refractivity contribution in [2.75, 3.05) is 13.7 Å². The second-order valence-corrected chi connectivity index (χ2v) is 20.0. The molecular formula is C27H43N3O4P2Si. The molecule has 0 aliphatic carbocycles. The highest BCUT2D eigenvalue weighted by Gasteiger charge is 2.46. The predicted octanol–water partition coefficient (Wildman–Crippen LogP) is 6.54. The Kier molecular flexibility index (Phi) is 8.82. The molecule has 7 atom stereocenters. The van der Waals surface area contributed by atoms with Crippen molar-refractivity contribution in [3.63, 3.8) is 0 Å². The van der Waals surface area contributed by atoms with Crippen LogP contribution in [-0.4, -0.2) is 54.0 Å². The van der Waals surface area contributed by atoms with Crippen molar-refractivity contribution in [1.29, 1.82) is 0 Å². The summed E-state index contributed by atoms with van der Waals surface area (Å²) < 4.78 is 24.1. The van der Waals surface area contributed by atoms with Crippen LogP contribution in [0.3, 0.4) is 0 Å². The molecule has 6 unspecified atom stereocenters. The maximum atomic E-state index is 12.8. The Morgan fingerprint density at radius 2 is 1.89 bits per heavy atom. The maximum absolute atomic E-state index is 12.8. The van der Waals surface area contributed by atoms with Crippen LogP contribution in [0, 0.1) is 13.8 Å². The van der Waals surface area contributed by atoms with Crippen LogP contribution in [0.15, 0.2) is 41.3 Å². The van der Waals surface area contributed by atoms with Crippen molar-refractivity contribution in [1.82, 2.24) is 14.2 Å². The van der Waals surface area contributed by atoms with E-state index in [1.807, 2.05) is 30.7 Å². The number of hydrogen-bond acceptors (Lipinski definition) is 6. The van der Waals surface area contributed by atoms with E-state index in [1.165, 1.54) is 5.56 Å². The summed E-state index contributed by atoms with van der Waals surface area (Å²) in [5.41, 5.74) is 3.03. The van der Waals surface area contributed by atoms with Gasteiger partial charge in [0.25, 0.3) is 8.53 Å². The molecule has 1 aromatic carbocycles. The number of rotatable bonds is 7. The molecule has 2 aromatic rings. The average molecular weight is 564 g/mol. The predicted molar refractivity (Wildman–Crippen MR) is 156 cm³/mol. The lowest BCUT2D eigenvalue weighted by Gasteiger charge is -2.37. The van der Waals surface area contributed by atoms with Crippen LogP contribution in [-0.2, 0) is 13.5 Å². The van der Waals surface area contributed by atoms with Gasteiger partial charge in [-0.25, -0.2) is 9.46 Å². The third kappa shape index (κ3) is 6.27. The van der Waals surface area contributed by atoms with Crippen molar-refractivity contribution >= 4 is 25.4 Å². The minimum Gasteiger partial charge on any atom is -0.416 e. The molecule has 0 radical (unpaired) electrons. The summed E-state index contributed by atoms with van der Waals surface area (Å²) in [5, 5.41) is 0.136. The SMILES string of the molecule is Cc1cn(C2CC(OP3OC(c4ccccc4)[C@@H](C)N3C)C(CO[Si](C)(C)C(C)(C)C)P2)c(=O)nc1C. The van der Waals surface area contributed by atoms with E-state index in [2.05, 4.69) is 81.8 Å². The zero-order valence-electron chi connectivity index (χ0n) is 23.7. The second kappa shape index (κ2) is 11.2. The second-order valence-electron chi connectivity index (χ2n) is 11.9. The van der Waals surface area contributed by atoms with E-state index < -0.39 is 16.8 Å². The zero-order valence-corrected chi connectivity index (χ0v) is 26.6. The molecule has 2 aliphatic heterocycles. The third-order valence-electron chi connectivity index (χ3n) is 8.31. The quantitative estimate of drug-likeness (QED) is 0.282. The lowest BCUT2D eigenvalue weighted by atomic mass is 10.0. The molecule has 1 aromatic heterocycles. The van der Waals surface area contributed by atoms with Gasteiger partial charge in [-0.2, -0.15) is 4.98 Å². The monoisotopic (exact) mass is 563 g/mol. The number of aromatic nitrogens is 2. The van der Waals surface area contributed by atoms with E-state index in [0.717, 1.165) is 17.7 Å². The first-order valence-electron chi connectivity index (χ1n) is 13.2. The molecule has 0 saturated carbocycles. The largest absolute Gasteiger partial charge is 0.416 e. The van der Waals surface area contributed by atoms with E-state index in [4.69, 9.17) is 13.5 Å². The zero-order chi connectivity index (χ0) is 27.1. The molecule has 2 aliphatic rings. The van der Waals surface area contributed by atoms with Gasteiger partial charge in [-0.1, -0.05) is 59.7 Å². The first-order chi connectivity index (χ1) is 17.3. The molecule has 0 N–H and O–H groups in total. The minimum absolute atomic E-state index is 0.0227. The molecule has 2 fully saturated rings. The smallest absolute Gasteiger partial charge is 0.348 e. The molecule has 37 heavy (non-hydrogen) atoms. The van der Waals surface area contributed by atoms with Crippen molar-refractivity contribution in [3.05, 3.63) is 63.8 Å². The fourth-order valence-electron chi connectivity index (χ4n) is 4.46. The van der Waals surface area contributed by atoms with Gasteiger partial charge in [0.2, 0.25) is 0 Å². The summed E-state index contributed by atoms with van der Waals surface area (Å²) >= 11 is 0. The Morgan fingerprint density at radius 3 is 2.54 bits per heavy atom. The molecule has 0 spiro atoms. The summed E-state index contributed by atoms with van der Waals surface area (Å²) in [6.45, 7) is 18.1. The topological polar surface area (TPSA) is 65.8 Å². The van der Waals surface area contributed by atoms with Crippen molar-refractivity contribution in [2.24, 2.45) is 0 Å². The fourth-order valence-corrected chi connectivity index (χ4v) is 9.30. The number of hydrogen-bond donors (Lipinski definition) is 0. The van der Waals surface area contributed by atoms with Crippen LogP contribution in [0.2, 0.25) is 18.1 Å². The van der Waals surface area contributed by atoms with Crippen molar-refractivity contribution in [2.45, 2.75) is 95.8 Å². The average Bonchev–Trinajstić information content (AvgIpc) is 3.36. The molecule has 4 rings (SSSR count). The van der Waals surface area contributed by atoms with Crippen LogP contribution in [0.5, 0.6) is 0 Å². The molecule has 0 bridgehead atoms. The summed E-state index contributed by atoms with van der Waals surface area (Å²) in [4.78, 5) is 17.1. The number of aryl methyl sites for hydroxylation is 2. The van der Waals surface area contributed by atoms with Gasteiger partial charge in [-0.05, 0) is 63.5 Å². The van der Waals surface area contributed by atoms with Gasteiger partial charge >= 0.3 is 5.69 Å². The fraction of sp³-hybridized carbons (Fsp3) is 0.630. The van der Waals surface area contributed by atoms with Gasteiger partial charge in [-0.3, -0.25) is 4.57 Å². The minimum atomic E-state index is -1.92. The molecular weight excluding hydrogens is 520 g/mol. The molecule has 204 valence electrons. The highest BCUT2D eigenvalue weighted by molar-refractivity contribution is 7.45. The Bertz CT molecular complexity index is 1140. The van der Waals surface area contributed by atoms with Gasteiger partial charge in [0.05, 0.1) is 11.9 Å². The molecule has 3 heterocycles. The third-order valence-corrected chi connectivity index (χ3v) is 16.4. The first kappa shape index (κ1) is 29.0. The van der Waals surface area contributed by atoms with E-state index in [9.17, 15) is 4.79 Å². The highest BCUT2D eigenvalue weighted by atomic mass is 31.2. The Balaban J connectivity index is 1.55. The van der Waals surface area contributed by atoms with E-state index in [0.29, 0.717) is 15.2 Å². The Labute approximate surface area is 226 Å². The van der Waals surface area contributed by atoms with Crippen LogP contribution in [0.1, 0.15) is 62.8 Å². The molecule has 0 amide bonds. The summed E-state index contributed by atoms with van der Waals surface area (Å²) in [6, 6.07) is 10.6. The Hall–Kier alpha value is -0.983. The van der Waals surface area contributed by atoms with Crippen LogP contribution in [0.4, 0.5) is 0 Å². The summed E-state index contributed by atoms with van der Waals surface area (Å²) in [6.07, 6.45) is 2.66. The normalized spacial score (nSPS) is 29.9. The van der Waals surface area contributed by atoms with Crippen molar-refractivity contribution in [3.8, 4) is 0 Å². The lowest BCUT2D eigenvalue weighted by molar-refractivity contribution is 0.138. The molecule has 2 saturated heterocycles. The van der Waals surface area contributed by atoms with E-state index >= 15 is 0 Å². The highest BCUT2D eigenvalue weighted by Crippen LogP contribution is 2.60. The van der Waals surface area contributed by atoms with Crippen LogP contribution in [0.25, 0.3) is 0 Å². The first-order valence-corrected chi connectivity index (χ1v) is 18.4. The van der Waals surface area contributed by atoms with Gasteiger partial charge < -0.3 is 13.5 Å².